The maximum Gasteiger partial charge on any atom is 0.282 e. The molecular weight excluding hydrogens is 369 g/mol. The van der Waals surface area contributed by atoms with E-state index in [1.807, 2.05) is 0 Å². The van der Waals surface area contributed by atoms with Gasteiger partial charge in [0.25, 0.3) is 5.92 Å². The largest absolute Gasteiger partial charge is 0.344 e. The second kappa shape index (κ2) is 6.01. The number of alkyl halides is 2. The van der Waals surface area contributed by atoms with Crippen LogP contribution in [-0.4, -0.2) is 43.7 Å². The summed E-state index contributed by atoms with van der Waals surface area (Å²) in [4.78, 5) is 14.2. The first kappa shape index (κ1) is 16.7. The summed E-state index contributed by atoms with van der Waals surface area (Å²) in [6.45, 7) is -0.750. The lowest BCUT2D eigenvalue weighted by Gasteiger charge is -2.40. The first-order valence-electron chi connectivity index (χ1n) is 8.54. The van der Waals surface area contributed by atoms with Crippen molar-refractivity contribution in [1.29, 1.82) is 0 Å². The number of rotatable bonds is 3. The number of fused-ring (bicyclic) bond motifs is 1. The van der Waals surface area contributed by atoms with Gasteiger partial charge >= 0.3 is 0 Å². The summed E-state index contributed by atoms with van der Waals surface area (Å²) in [5.74, 6) is -2.60. The minimum absolute atomic E-state index is 0.341. The van der Waals surface area contributed by atoms with Crippen LogP contribution in [0.5, 0.6) is 0 Å². The molecule has 1 aromatic carbocycles. The third-order valence-corrected chi connectivity index (χ3v) is 4.67. The average Bonchev–Trinajstić information content (AvgIpc) is 3.11. The molecule has 5 rings (SSSR count). The summed E-state index contributed by atoms with van der Waals surface area (Å²) < 4.78 is 41.5. The third kappa shape index (κ3) is 2.67. The quantitative estimate of drug-likeness (QED) is 0.543. The van der Waals surface area contributed by atoms with Crippen molar-refractivity contribution in [3.63, 3.8) is 0 Å². The highest BCUT2D eigenvalue weighted by atomic mass is 19.3. The molecule has 0 spiro atoms. The van der Waals surface area contributed by atoms with Crippen LogP contribution in [0.15, 0.2) is 55.2 Å². The van der Waals surface area contributed by atoms with Gasteiger partial charge in [0.15, 0.2) is 5.65 Å². The predicted molar refractivity (Wildman–Crippen MR) is 97.0 cm³/mol. The summed E-state index contributed by atoms with van der Waals surface area (Å²) in [6.07, 6.45) is 6.20. The van der Waals surface area contributed by atoms with Gasteiger partial charge < -0.3 is 4.90 Å². The van der Waals surface area contributed by atoms with Crippen LogP contribution in [0.4, 0.5) is 19.0 Å². The molecule has 0 amide bonds. The Labute approximate surface area is 157 Å². The second-order valence-electron chi connectivity index (χ2n) is 6.60. The van der Waals surface area contributed by atoms with Crippen LogP contribution in [0.25, 0.3) is 27.8 Å². The molecule has 0 bridgehead atoms. The van der Waals surface area contributed by atoms with Gasteiger partial charge in [0.05, 0.1) is 25.0 Å². The van der Waals surface area contributed by atoms with E-state index >= 15 is 0 Å². The molecule has 1 aliphatic rings. The number of benzene rings is 1. The van der Waals surface area contributed by atoms with E-state index in [1.54, 1.807) is 41.5 Å². The van der Waals surface area contributed by atoms with E-state index < -0.39 is 5.92 Å². The lowest BCUT2D eigenvalue weighted by Crippen LogP contribution is -2.56. The van der Waals surface area contributed by atoms with Gasteiger partial charge in [-0.05, 0) is 30.3 Å². The Hall–Kier alpha value is -3.49. The van der Waals surface area contributed by atoms with Crippen molar-refractivity contribution in [2.75, 3.05) is 18.0 Å². The SMILES string of the molecule is Fc1ccc(-n2ncc3c(-c4cncnc4N4CC(F)(F)C4)ccnc32)cc1. The van der Waals surface area contributed by atoms with Crippen LogP contribution < -0.4 is 4.90 Å². The molecule has 0 aliphatic carbocycles. The van der Waals surface area contributed by atoms with Gasteiger partial charge in [-0.2, -0.15) is 5.10 Å². The molecule has 4 heterocycles. The minimum Gasteiger partial charge on any atom is -0.344 e. The van der Waals surface area contributed by atoms with E-state index in [4.69, 9.17) is 0 Å². The first-order valence-corrected chi connectivity index (χ1v) is 8.54. The van der Waals surface area contributed by atoms with E-state index in [9.17, 15) is 13.2 Å². The molecule has 4 aromatic rings. The van der Waals surface area contributed by atoms with E-state index in [0.717, 1.165) is 10.9 Å². The van der Waals surface area contributed by atoms with Crippen molar-refractivity contribution in [3.05, 3.63) is 61.1 Å². The molecule has 140 valence electrons. The van der Waals surface area contributed by atoms with Gasteiger partial charge in [0.2, 0.25) is 0 Å². The van der Waals surface area contributed by atoms with Crippen molar-refractivity contribution >= 4 is 16.9 Å². The lowest BCUT2D eigenvalue weighted by atomic mass is 10.0. The van der Waals surface area contributed by atoms with Gasteiger partial charge in [0.1, 0.15) is 18.0 Å². The van der Waals surface area contributed by atoms with E-state index in [1.165, 1.54) is 23.4 Å². The number of pyridine rings is 1. The maximum absolute atomic E-state index is 13.3. The molecule has 6 nitrogen and oxygen atoms in total. The van der Waals surface area contributed by atoms with Crippen molar-refractivity contribution < 1.29 is 13.2 Å². The Morgan fingerprint density at radius 1 is 0.929 bits per heavy atom. The zero-order valence-electron chi connectivity index (χ0n) is 14.4. The molecule has 0 saturated carbocycles. The molecule has 1 saturated heterocycles. The number of anilines is 1. The highest BCUT2D eigenvalue weighted by molar-refractivity contribution is 5.96. The van der Waals surface area contributed by atoms with Crippen molar-refractivity contribution in [3.8, 4) is 16.8 Å². The summed E-state index contributed by atoms with van der Waals surface area (Å²) in [5.41, 5.74) is 2.59. The Balaban J connectivity index is 1.63. The third-order valence-electron chi connectivity index (χ3n) is 4.67. The molecular formula is C19H13F3N6. The molecule has 0 atom stereocenters. The highest BCUT2D eigenvalue weighted by Crippen LogP contribution is 2.38. The molecule has 0 unspecified atom stereocenters. The Kier molecular flexibility index (Phi) is 3.58. The van der Waals surface area contributed by atoms with Crippen LogP contribution >= 0.6 is 0 Å². The Morgan fingerprint density at radius 3 is 2.46 bits per heavy atom. The van der Waals surface area contributed by atoms with Gasteiger partial charge in [0, 0.05) is 28.9 Å². The van der Waals surface area contributed by atoms with Crippen molar-refractivity contribution in [2.45, 2.75) is 5.92 Å². The molecule has 0 N–H and O–H groups in total. The molecule has 1 aliphatic heterocycles. The normalized spacial score (nSPS) is 15.6. The predicted octanol–water partition coefficient (Wildman–Crippen LogP) is 3.47. The van der Waals surface area contributed by atoms with Gasteiger partial charge in [-0.1, -0.05) is 0 Å². The standard InChI is InChI=1S/C19H13F3N6/c20-12-1-3-13(4-2-12)28-18-16(8-26-28)14(5-6-24-18)15-7-23-11-25-17(15)27-9-19(21,22)10-27/h1-8,11H,9-10H2. The van der Waals surface area contributed by atoms with Crippen molar-refractivity contribution in [2.24, 2.45) is 0 Å². The zero-order chi connectivity index (χ0) is 19.3. The molecule has 1 fully saturated rings. The number of hydrogen-bond acceptors (Lipinski definition) is 5. The number of halogens is 3. The van der Waals surface area contributed by atoms with Gasteiger partial charge in [-0.15, -0.1) is 0 Å². The smallest absolute Gasteiger partial charge is 0.282 e. The fourth-order valence-electron chi connectivity index (χ4n) is 3.36. The minimum atomic E-state index is -2.71. The highest BCUT2D eigenvalue weighted by Gasteiger charge is 2.45. The first-order chi connectivity index (χ1) is 13.5. The maximum atomic E-state index is 13.3. The van der Waals surface area contributed by atoms with E-state index in [-0.39, 0.29) is 18.9 Å². The number of hydrogen-bond donors (Lipinski definition) is 0. The number of aromatic nitrogens is 5. The Bertz CT molecular complexity index is 1160. The fourth-order valence-corrected chi connectivity index (χ4v) is 3.36. The topological polar surface area (TPSA) is 59.7 Å². The lowest BCUT2D eigenvalue weighted by molar-refractivity contribution is -0.0266. The fraction of sp³-hybridized carbons (Fsp3) is 0.158. The monoisotopic (exact) mass is 382 g/mol. The van der Waals surface area contributed by atoms with E-state index in [2.05, 4.69) is 20.1 Å². The molecule has 0 radical (unpaired) electrons. The summed E-state index contributed by atoms with van der Waals surface area (Å²) >= 11 is 0. The van der Waals surface area contributed by atoms with E-state index in [0.29, 0.717) is 22.7 Å². The molecule has 9 heteroatoms. The average molecular weight is 382 g/mol. The summed E-state index contributed by atoms with van der Waals surface area (Å²) in [6, 6.07) is 7.68. The van der Waals surface area contributed by atoms with Crippen LogP contribution in [0.2, 0.25) is 0 Å². The van der Waals surface area contributed by atoms with Gasteiger partial charge in [-0.3, -0.25) is 0 Å². The summed E-state index contributed by atoms with van der Waals surface area (Å²) in [7, 11) is 0. The Morgan fingerprint density at radius 2 is 1.71 bits per heavy atom. The van der Waals surface area contributed by atoms with Crippen LogP contribution in [-0.2, 0) is 0 Å². The van der Waals surface area contributed by atoms with Gasteiger partial charge in [-0.25, -0.2) is 32.8 Å². The summed E-state index contributed by atoms with van der Waals surface area (Å²) in [5, 5.41) is 5.09. The zero-order valence-corrected chi connectivity index (χ0v) is 14.4. The second-order valence-corrected chi connectivity index (χ2v) is 6.60. The van der Waals surface area contributed by atoms with Crippen LogP contribution in [0.1, 0.15) is 0 Å². The van der Waals surface area contributed by atoms with Crippen LogP contribution in [0.3, 0.4) is 0 Å². The number of nitrogens with zero attached hydrogens (tertiary/aromatic N) is 6. The van der Waals surface area contributed by atoms with Crippen molar-refractivity contribution in [1.82, 2.24) is 24.7 Å². The molecule has 28 heavy (non-hydrogen) atoms. The molecule has 3 aromatic heterocycles. The van der Waals surface area contributed by atoms with Crippen LogP contribution in [0, 0.1) is 5.82 Å².